The second kappa shape index (κ2) is 10.6. The predicted molar refractivity (Wildman–Crippen MR) is 141 cm³/mol. The van der Waals surface area contributed by atoms with Crippen LogP contribution in [0.3, 0.4) is 0 Å². The number of halogens is 2. The van der Waals surface area contributed by atoms with Gasteiger partial charge in [0.1, 0.15) is 42.9 Å². The van der Waals surface area contributed by atoms with Gasteiger partial charge in [-0.25, -0.2) is 9.59 Å². The van der Waals surface area contributed by atoms with E-state index < -0.39 is 100 Å². The molecule has 248 valence electrons. The molecular formula is C28H38F2O13S. The van der Waals surface area contributed by atoms with Crippen LogP contribution in [0, 0.1) is 34.5 Å². The van der Waals surface area contributed by atoms with Crippen LogP contribution >= 0.6 is 0 Å². The molecule has 0 aromatic heterocycles. The van der Waals surface area contributed by atoms with Crippen molar-refractivity contribution in [1.29, 1.82) is 0 Å². The Labute approximate surface area is 253 Å². The van der Waals surface area contributed by atoms with E-state index in [0.29, 0.717) is 19.3 Å². The lowest BCUT2D eigenvalue weighted by molar-refractivity contribution is -0.199. The maximum Gasteiger partial charge on any atom is 0.405 e. The number of ether oxygens (including phenoxy) is 6. The summed E-state index contributed by atoms with van der Waals surface area (Å²) in [5.74, 6) is -5.38. The molecule has 0 spiro atoms. The number of alkyl halides is 2. The number of carbonyl (C=O) groups is 4. The zero-order valence-electron chi connectivity index (χ0n) is 25.2. The van der Waals surface area contributed by atoms with Crippen LogP contribution < -0.4 is 0 Å². The highest BCUT2D eigenvalue weighted by molar-refractivity contribution is 7.86. The summed E-state index contributed by atoms with van der Waals surface area (Å²) in [5, 5.41) is -4.77. The van der Waals surface area contributed by atoms with Crippen LogP contribution in [0.4, 0.5) is 8.78 Å². The maximum atomic E-state index is 13.9. The van der Waals surface area contributed by atoms with Crippen molar-refractivity contribution in [2.45, 2.75) is 102 Å². The van der Waals surface area contributed by atoms with Crippen molar-refractivity contribution in [1.82, 2.24) is 0 Å². The minimum absolute atomic E-state index is 0.0106. The average Bonchev–Trinajstić information content (AvgIpc) is 3.61. The Morgan fingerprint density at radius 3 is 2.25 bits per heavy atom. The van der Waals surface area contributed by atoms with Crippen LogP contribution in [-0.2, 0) is 57.7 Å². The van der Waals surface area contributed by atoms with Gasteiger partial charge in [0, 0.05) is 5.41 Å². The Bertz CT molecular complexity index is 1350. The zero-order chi connectivity index (χ0) is 32.8. The van der Waals surface area contributed by atoms with Crippen molar-refractivity contribution in [3.63, 3.8) is 0 Å². The molecule has 3 heterocycles. The van der Waals surface area contributed by atoms with Gasteiger partial charge in [-0.1, -0.05) is 34.6 Å². The first-order valence-electron chi connectivity index (χ1n) is 14.6. The highest BCUT2D eigenvalue weighted by Gasteiger charge is 2.75. The summed E-state index contributed by atoms with van der Waals surface area (Å²) in [6.45, 7) is 9.26. The molecule has 10 atom stereocenters. The van der Waals surface area contributed by atoms with Gasteiger partial charge in [-0.05, 0) is 43.4 Å². The lowest BCUT2D eigenvalue weighted by Crippen LogP contribution is -2.56. The van der Waals surface area contributed by atoms with Gasteiger partial charge in [-0.2, -0.15) is 17.2 Å². The minimum atomic E-state index is -5.85. The first-order chi connectivity index (χ1) is 20.2. The van der Waals surface area contributed by atoms with Crippen LogP contribution in [0.1, 0.15) is 60.8 Å². The summed E-state index contributed by atoms with van der Waals surface area (Å²) in [4.78, 5) is 51.1. The van der Waals surface area contributed by atoms with Gasteiger partial charge in [0.15, 0.2) is 18.3 Å². The lowest BCUT2D eigenvalue weighted by atomic mass is 9.61. The third-order valence-corrected chi connectivity index (χ3v) is 12.2. The molecule has 10 unspecified atom stereocenters. The van der Waals surface area contributed by atoms with E-state index in [1.807, 2.05) is 13.8 Å². The quantitative estimate of drug-likeness (QED) is 0.195. The van der Waals surface area contributed by atoms with Crippen LogP contribution in [0.15, 0.2) is 0 Å². The third kappa shape index (κ3) is 4.65. The molecule has 0 aromatic carbocycles. The van der Waals surface area contributed by atoms with Gasteiger partial charge in [0.05, 0.1) is 0 Å². The maximum absolute atomic E-state index is 13.9. The monoisotopic (exact) mass is 652 g/mol. The molecule has 44 heavy (non-hydrogen) atoms. The summed E-state index contributed by atoms with van der Waals surface area (Å²) >= 11 is 0. The average molecular weight is 653 g/mol. The Kier molecular flexibility index (Phi) is 7.91. The molecular weight excluding hydrogens is 614 g/mol. The summed E-state index contributed by atoms with van der Waals surface area (Å²) in [6, 6.07) is 0. The van der Waals surface area contributed by atoms with Crippen molar-refractivity contribution in [3.8, 4) is 0 Å². The number of hydrogen-bond donors (Lipinski definition) is 1. The Morgan fingerprint density at radius 1 is 1.07 bits per heavy atom. The molecule has 3 aliphatic heterocycles. The van der Waals surface area contributed by atoms with E-state index in [9.17, 15) is 36.4 Å². The molecule has 4 bridgehead atoms. The number of fused-ring (bicyclic) bond motifs is 3. The van der Waals surface area contributed by atoms with E-state index in [1.54, 1.807) is 0 Å². The third-order valence-electron chi connectivity index (χ3n) is 11.1. The first kappa shape index (κ1) is 32.9. The topological polar surface area (TPSA) is 178 Å². The first-order valence-corrected chi connectivity index (χ1v) is 16.0. The van der Waals surface area contributed by atoms with Gasteiger partial charge in [0.25, 0.3) is 0 Å². The Balaban J connectivity index is 1.22. The largest absolute Gasteiger partial charge is 0.458 e. The Morgan fingerprint density at radius 2 is 1.70 bits per heavy atom. The van der Waals surface area contributed by atoms with Crippen LogP contribution in [-0.4, -0.2) is 91.4 Å². The summed E-state index contributed by atoms with van der Waals surface area (Å²) in [6.07, 6.45) is -3.90. The molecule has 5 aliphatic rings. The van der Waals surface area contributed by atoms with Gasteiger partial charge in [-0.15, -0.1) is 0 Å². The molecule has 0 amide bonds. The van der Waals surface area contributed by atoms with E-state index in [-0.39, 0.29) is 16.7 Å². The molecule has 2 aliphatic carbocycles. The molecule has 13 nitrogen and oxygen atoms in total. The fraction of sp³-hybridized carbons (Fsp3) is 0.857. The smallest absolute Gasteiger partial charge is 0.405 e. The normalized spacial score (nSPS) is 39.0. The lowest BCUT2D eigenvalue weighted by Gasteiger charge is -2.50. The van der Waals surface area contributed by atoms with Crippen molar-refractivity contribution in [2.24, 2.45) is 34.5 Å². The van der Waals surface area contributed by atoms with Crippen LogP contribution in [0.2, 0.25) is 0 Å². The van der Waals surface area contributed by atoms with E-state index in [1.165, 1.54) is 0 Å². The SMILES string of the molecule is CC(C)C1(OC(=O)C2C3OC4C(OC(=O)C42)C3OC(=O)COCC(=O)OC(C)C(F)(F)S(=O)(=O)O)CC2CCC1(C)C2(C)C. The molecule has 5 fully saturated rings. The van der Waals surface area contributed by atoms with Gasteiger partial charge in [-0.3, -0.25) is 14.1 Å². The van der Waals surface area contributed by atoms with Crippen molar-refractivity contribution < 1.29 is 69.4 Å². The number of hydrogen-bond acceptors (Lipinski definition) is 12. The van der Waals surface area contributed by atoms with Crippen molar-refractivity contribution in [3.05, 3.63) is 0 Å². The summed E-state index contributed by atoms with van der Waals surface area (Å²) in [5.41, 5.74) is -1.13. The van der Waals surface area contributed by atoms with E-state index in [2.05, 4.69) is 25.5 Å². The van der Waals surface area contributed by atoms with Crippen LogP contribution in [0.5, 0.6) is 0 Å². The fourth-order valence-corrected chi connectivity index (χ4v) is 8.81. The standard InChI is InChI=1S/C28H38F2O13S/c1-12(2)27(9-14-7-8-26(27,6)25(14,4)5)43-24(34)18-17-19-22(42-23(17)33)21(20(18)41-19)40-16(32)11-38-10-15(31)39-13(3)28(29,30)44(35,36)37/h12-14,17-22H,7-11H2,1-6H3,(H,35,36,37). The number of carbonyl (C=O) groups excluding carboxylic acids is 4. The van der Waals surface area contributed by atoms with Gasteiger partial charge >= 0.3 is 39.2 Å². The minimum Gasteiger partial charge on any atom is -0.458 e. The molecule has 1 N–H and O–H groups in total. The molecule has 3 saturated heterocycles. The van der Waals surface area contributed by atoms with Crippen molar-refractivity contribution >= 4 is 34.0 Å². The fourth-order valence-electron chi connectivity index (χ4n) is 8.35. The molecule has 2 saturated carbocycles. The second-order valence-electron chi connectivity index (χ2n) is 13.6. The number of rotatable bonds is 11. The highest BCUT2D eigenvalue weighted by atomic mass is 32.2. The summed E-state index contributed by atoms with van der Waals surface area (Å²) < 4.78 is 89.7. The zero-order valence-corrected chi connectivity index (χ0v) is 26.1. The predicted octanol–water partition coefficient (Wildman–Crippen LogP) is 2.05. The molecule has 0 radical (unpaired) electrons. The van der Waals surface area contributed by atoms with Gasteiger partial charge in [0.2, 0.25) is 0 Å². The molecule has 0 aromatic rings. The molecule has 16 heteroatoms. The van der Waals surface area contributed by atoms with Gasteiger partial charge < -0.3 is 28.4 Å². The Hall–Kier alpha value is -2.43. The summed E-state index contributed by atoms with van der Waals surface area (Å²) in [7, 11) is -5.85. The van der Waals surface area contributed by atoms with Crippen molar-refractivity contribution in [2.75, 3.05) is 13.2 Å². The van der Waals surface area contributed by atoms with E-state index in [4.69, 9.17) is 28.2 Å². The number of esters is 4. The van der Waals surface area contributed by atoms with E-state index in [0.717, 1.165) is 12.8 Å². The van der Waals surface area contributed by atoms with E-state index >= 15 is 0 Å². The second-order valence-corrected chi connectivity index (χ2v) is 15.1. The highest BCUT2D eigenvalue weighted by Crippen LogP contribution is 2.72. The molecule has 5 rings (SSSR count). The van der Waals surface area contributed by atoms with Crippen LogP contribution in [0.25, 0.3) is 0 Å².